The minimum absolute atomic E-state index is 0.0393. The third-order valence-electron chi connectivity index (χ3n) is 6.07. The number of carbonyl (C=O) groups excluding carboxylic acids is 2. The van der Waals surface area contributed by atoms with Crippen molar-refractivity contribution >= 4 is 11.8 Å². The Morgan fingerprint density at radius 1 is 1.15 bits per heavy atom. The Morgan fingerprint density at radius 2 is 1.85 bits per heavy atom. The first-order valence-corrected chi connectivity index (χ1v) is 9.88. The molecule has 0 unspecified atom stereocenters. The van der Waals surface area contributed by atoms with Crippen molar-refractivity contribution in [1.82, 2.24) is 9.80 Å². The highest BCUT2D eigenvalue weighted by molar-refractivity contribution is 5.82. The van der Waals surface area contributed by atoms with Gasteiger partial charge in [0, 0.05) is 31.3 Å². The molecule has 0 aromatic heterocycles. The largest absolute Gasteiger partial charge is 0.394 e. The average molecular weight is 358 g/mol. The zero-order chi connectivity index (χ0) is 18.7. The molecule has 0 spiro atoms. The molecule has 1 saturated carbocycles. The normalized spacial score (nSPS) is 25.3. The quantitative estimate of drug-likeness (QED) is 0.814. The van der Waals surface area contributed by atoms with Gasteiger partial charge in [0.05, 0.1) is 18.7 Å². The van der Waals surface area contributed by atoms with Crippen LogP contribution in [0.25, 0.3) is 0 Å². The van der Waals surface area contributed by atoms with Gasteiger partial charge in [-0.05, 0) is 25.3 Å². The van der Waals surface area contributed by atoms with Gasteiger partial charge in [-0.2, -0.15) is 0 Å². The summed E-state index contributed by atoms with van der Waals surface area (Å²) in [4.78, 5) is 29.0. The first-order chi connectivity index (χ1) is 12.6. The average Bonchev–Trinajstić information content (AvgIpc) is 2.60. The lowest BCUT2D eigenvalue weighted by molar-refractivity contribution is -0.161. The van der Waals surface area contributed by atoms with E-state index in [1.165, 1.54) is 0 Å². The number of aliphatic hydroxyl groups excluding tert-OH is 1. The number of nitrogens with zero attached hydrogens (tertiary/aromatic N) is 2. The van der Waals surface area contributed by atoms with Crippen molar-refractivity contribution in [1.29, 1.82) is 0 Å². The maximum absolute atomic E-state index is 13.0. The van der Waals surface area contributed by atoms with Gasteiger partial charge in [0.15, 0.2) is 0 Å². The molecular formula is C21H30N2O3. The van der Waals surface area contributed by atoms with E-state index < -0.39 is 0 Å². The van der Waals surface area contributed by atoms with Crippen LogP contribution in [-0.2, 0) is 9.59 Å². The molecular weight excluding hydrogens is 328 g/mol. The number of carbonyl (C=O) groups is 2. The van der Waals surface area contributed by atoms with Crippen molar-refractivity contribution in [2.24, 2.45) is 5.92 Å². The number of rotatable bonds is 7. The second-order valence-electron chi connectivity index (χ2n) is 7.41. The number of likely N-dealkylation sites (N-methyl/N-ethyl adjacent to an activating group) is 1. The van der Waals surface area contributed by atoms with Crippen LogP contribution >= 0.6 is 0 Å². The Morgan fingerprint density at radius 3 is 2.35 bits per heavy atom. The van der Waals surface area contributed by atoms with Crippen LogP contribution in [0.3, 0.4) is 0 Å². The summed E-state index contributed by atoms with van der Waals surface area (Å²) in [5.41, 5.74) is 1.13. The van der Waals surface area contributed by atoms with Gasteiger partial charge in [0.25, 0.3) is 0 Å². The van der Waals surface area contributed by atoms with Crippen molar-refractivity contribution < 1.29 is 14.7 Å². The Labute approximate surface area is 156 Å². The summed E-state index contributed by atoms with van der Waals surface area (Å²) < 4.78 is 0. The summed E-state index contributed by atoms with van der Waals surface area (Å²) in [5, 5.41) is 10.00. The molecule has 1 aliphatic carbocycles. The molecule has 3 rings (SSSR count). The molecule has 5 heteroatoms. The zero-order valence-corrected chi connectivity index (χ0v) is 15.8. The van der Waals surface area contributed by atoms with Crippen molar-refractivity contribution in [3.05, 3.63) is 35.9 Å². The maximum atomic E-state index is 13.0. The molecule has 1 aliphatic heterocycles. The third-order valence-corrected chi connectivity index (χ3v) is 6.07. The summed E-state index contributed by atoms with van der Waals surface area (Å²) in [6.45, 7) is 4.99. The molecule has 26 heavy (non-hydrogen) atoms. The van der Waals surface area contributed by atoms with Gasteiger partial charge in [-0.25, -0.2) is 0 Å². The van der Waals surface area contributed by atoms with Crippen LogP contribution in [0.1, 0.15) is 51.0 Å². The van der Waals surface area contributed by atoms with Crippen molar-refractivity contribution in [3.8, 4) is 0 Å². The van der Waals surface area contributed by atoms with Crippen molar-refractivity contribution in [2.45, 2.75) is 57.5 Å². The van der Waals surface area contributed by atoms with Crippen LogP contribution in [0.4, 0.5) is 0 Å². The number of likely N-dealkylation sites (tertiary alicyclic amines) is 1. The van der Waals surface area contributed by atoms with Crippen LogP contribution in [0.5, 0.6) is 0 Å². The van der Waals surface area contributed by atoms with E-state index >= 15 is 0 Å². The molecule has 0 bridgehead atoms. The number of aliphatic hydroxyl groups is 1. The number of hydrogen-bond donors (Lipinski definition) is 1. The number of hydrogen-bond acceptors (Lipinski definition) is 3. The van der Waals surface area contributed by atoms with E-state index in [1.54, 1.807) is 0 Å². The standard InChI is InChI=1S/C21H30N2O3/c1-3-19(25)22(4-2)13-17-20(15-9-6-5-7-10-15)18(14-24)23(17)21(26)16-11-8-12-16/h5-7,9-10,16-18,20,24H,3-4,8,11-14H2,1-2H3/t17-,18+,20-/m0/s1. The maximum Gasteiger partial charge on any atom is 0.226 e. The summed E-state index contributed by atoms with van der Waals surface area (Å²) in [5.74, 6) is 0.444. The molecule has 1 aromatic rings. The molecule has 1 heterocycles. The highest BCUT2D eigenvalue weighted by atomic mass is 16.3. The molecule has 1 N–H and O–H groups in total. The van der Waals surface area contributed by atoms with E-state index in [0.717, 1.165) is 24.8 Å². The second kappa shape index (κ2) is 8.21. The minimum atomic E-state index is -0.189. The topological polar surface area (TPSA) is 60.9 Å². The molecule has 3 atom stereocenters. The number of amides is 2. The van der Waals surface area contributed by atoms with E-state index in [4.69, 9.17) is 0 Å². The van der Waals surface area contributed by atoms with E-state index in [-0.39, 0.29) is 42.3 Å². The molecule has 1 aromatic carbocycles. The van der Waals surface area contributed by atoms with Crippen LogP contribution in [0.2, 0.25) is 0 Å². The first-order valence-electron chi connectivity index (χ1n) is 9.88. The Kier molecular flexibility index (Phi) is 5.97. The summed E-state index contributed by atoms with van der Waals surface area (Å²) in [6, 6.07) is 9.83. The number of benzene rings is 1. The van der Waals surface area contributed by atoms with E-state index in [0.29, 0.717) is 19.5 Å². The molecule has 5 nitrogen and oxygen atoms in total. The smallest absolute Gasteiger partial charge is 0.226 e. The summed E-state index contributed by atoms with van der Waals surface area (Å²) >= 11 is 0. The molecule has 1 saturated heterocycles. The minimum Gasteiger partial charge on any atom is -0.394 e. The monoisotopic (exact) mass is 358 g/mol. The zero-order valence-electron chi connectivity index (χ0n) is 15.8. The van der Waals surface area contributed by atoms with Crippen LogP contribution in [0.15, 0.2) is 30.3 Å². The molecule has 2 aliphatic rings. The van der Waals surface area contributed by atoms with Gasteiger partial charge in [-0.15, -0.1) is 0 Å². The summed E-state index contributed by atoms with van der Waals surface area (Å²) in [7, 11) is 0. The fourth-order valence-corrected chi connectivity index (χ4v) is 4.32. The third kappa shape index (κ3) is 3.37. The predicted molar refractivity (Wildman–Crippen MR) is 101 cm³/mol. The van der Waals surface area contributed by atoms with Crippen LogP contribution < -0.4 is 0 Å². The molecule has 0 radical (unpaired) electrons. The van der Waals surface area contributed by atoms with Gasteiger partial charge < -0.3 is 14.9 Å². The molecule has 2 fully saturated rings. The van der Waals surface area contributed by atoms with Gasteiger partial charge in [0.2, 0.25) is 11.8 Å². The Balaban J connectivity index is 1.86. The Hall–Kier alpha value is -1.88. The fraction of sp³-hybridized carbons (Fsp3) is 0.619. The van der Waals surface area contributed by atoms with E-state index in [1.807, 2.05) is 41.8 Å². The molecule has 2 amide bonds. The van der Waals surface area contributed by atoms with Gasteiger partial charge in [-0.3, -0.25) is 9.59 Å². The second-order valence-corrected chi connectivity index (χ2v) is 7.41. The highest BCUT2D eigenvalue weighted by Crippen LogP contribution is 2.43. The lowest BCUT2D eigenvalue weighted by Crippen LogP contribution is -2.70. The van der Waals surface area contributed by atoms with Gasteiger partial charge >= 0.3 is 0 Å². The van der Waals surface area contributed by atoms with Crippen molar-refractivity contribution in [3.63, 3.8) is 0 Å². The Bertz CT molecular complexity index is 629. The fourth-order valence-electron chi connectivity index (χ4n) is 4.32. The lowest BCUT2D eigenvalue weighted by atomic mass is 9.72. The van der Waals surface area contributed by atoms with Crippen LogP contribution in [-0.4, -0.2) is 58.5 Å². The van der Waals surface area contributed by atoms with Gasteiger partial charge in [-0.1, -0.05) is 43.7 Å². The lowest BCUT2D eigenvalue weighted by Gasteiger charge is -2.57. The first kappa shape index (κ1) is 18.9. The highest BCUT2D eigenvalue weighted by Gasteiger charge is 2.53. The summed E-state index contributed by atoms with van der Waals surface area (Å²) in [6.07, 6.45) is 3.47. The SMILES string of the molecule is CCC(=O)N(CC)C[C@H]1[C@H](c2ccccc2)[C@@H](CO)N1C(=O)C1CCC1. The van der Waals surface area contributed by atoms with Crippen LogP contribution in [0, 0.1) is 5.92 Å². The van der Waals surface area contributed by atoms with E-state index in [2.05, 4.69) is 12.1 Å². The molecule has 142 valence electrons. The van der Waals surface area contributed by atoms with Crippen molar-refractivity contribution in [2.75, 3.05) is 19.7 Å². The van der Waals surface area contributed by atoms with Gasteiger partial charge in [0.1, 0.15) is 0 Å². The van der Waals surface area contributed by atoms with E-state index in [9.17, 15) is 14.7 Å². The predicted octanol–water partition coefficient (Wildman–Crippen LogP) is 2.40.